The van der Waals surface area contributed by atoms with E-state index in [0.29, 0.717) is 50.5 Å². The van der Waals surface area contributed by atoms with Crippen molar-refractivity contribution in [2.75, 3.05) is 49.5 Å². The van der Waals surface area contributed by atoms with E-state index in [-0.39, 0.29) is 17.4 Å². The number of hydrogen-bond donors (Lipinski definition) is 3. The van der Waals surface area contributed by atoms with Crippen molar-refractivity contribution >= 4 is 29.2 Å². The van der Waals surface area contributed by atoms with E-state index in [9.17, 15) is 19.5 Å². The Morgan fingerprint density at radius 1 is 0.968 bits per heavy atom. The first-order chi connectivity index (χ1) is 15.0. The number of nitrogens with one attached hydrogen (secondary N) is 2. The van der Waals surface area contributed by atoms with Gasteiger partial charge in [0, 0.05) is 38.3 Å². The molecule has 0 aliphatic carbocycles. The lowest BCUT2D eigenvalue weighted by molar-refractivity contribution is -0.122. The maximum atomic E-state index is 12.7. The minimum Gasteiger partial charge on any atom is -0.478 e. The highest BCUT2D eigenvalue weighted by atomic mass is 16.4. The first kappa shape index (κ1) is 22.3. The van der Waals surface area contributed by atoms with Crippen molar-refractivity contribution in [1.82, 2.24) is 10.2 Å². The molecule has 2 aromatic carbocycles. The summed E-state index contributed by atoms with van der Waals surface area (Å²) in [7, 11) is 0. The summed E-state index contributed by atoms with van der Waals surface area (Å²) in [5.41, 5.74) is 1.84. The van der Waals surface area contributed by atoms with Crippen LogP contribution in [0.25, 0.3) is 0 Å². The van der Waals surface area contributed by atoms with Gasteiger partial charge in [0.15, 0.2) is 0 Å². The molecular weight excluding hydrogens is 396 g/mol. The number of hydrogen-bond acceptors (Lipinski definition) is 5. The van der Waals surface area contributed by atoms with Gasteiger partial charge in [0.05, 0.1) is 23.5 Å². The first-order valence-corrected chi connectivity index (χ1v) is 10.5. The minimum atomic E-state index is -1.05. The molecule has 164 valence electrons. The highest BCUT2D eigenvalue weighted by Gasteiger charge is 2.22. The Kier molecular flexibility index (Phi) is 7.61. The van der Waals surface area contributed by atoms with Crippen molar-refractivity contribution in [3.8, 4) is 0 Å². The maximum absolute atomic E-state index is 12.7. The van der Waals surface area contributed by atoms with E-state index >= 15 is 0 Å². The standard InChI is InChI=1S/C23H28N4O4/c1-2-10-24-21(28)16-26-11-13-27(14-12-26)20-9-8-18(23(30)31)15-19(20)25-22(29)17-6-4-3-5-7-17/h3-9,15H,2,10-14,16H2,1H3,(H,24,28)(H,25,29)(H,30,31). The van der Waals surface area contributed by atoms with Gasteiger partial charge < -0.3 is 20.6 Å². The van der Waals surface area contributed by atoms with Gasteiger partial charge in [-0.15, -0.1) is 0 Å². The quantitative estimate of drug-likeness (QED) is 0.601. The molecule has 2 aromatic rings. The third-order valence-corrected chi connectivity index (χ3v) is 5.18. The van der Waals surface area contributed by atoms with Crippen LogP contribution in [0.4, 0.5) is 11.4 Å². The summed E-state index contributed by atoms with van der Waals surface area (Å²) < 4.78 is 0. The summed E-state index contributed by atoms with van der Waals surface area (Å²) in [5.74, 6) is -1.32. The van der Waals surface area contributed by atoms with Crippen LogP contribution in [-0.2, 0) is 4.79 Å². The summed E-state index contributed by atoms with van der Waals surface area (Å²) in [6.07, 6.45) is 0.906. The largest absolute Gasteiger partial charge is 0.478 e. The Labute approximate surface area is 181 Å². The van der Waals surface area contributed by atoms with Gasteiger partial charge in [-0.2, -0.15) is 0 Å². The molecule has 1 aliphatic rings. The van der Waals surface area contributed by atoms with E-state index in [4.69, 9.17) is 0 Å². The normalized spacial score (nSPS) is 14.2. The van der Waals surface area contributed by atoms with Crippen LogP contribution in [0.15, 0.2) is 48.5 Å². The second-order valence-electron chi connectivity index (χ2n) is 7.47. The van der Waals surface area contributed by atoms with E-state index in [0.717, 1.165) is 12.1 Å². The number of carboxylic acids is 1. The van der Waals surface area contributed by atoms with Gasteiger partial charge >= 0.3 is 5.97 Å². The molecule has 0 atom stereocenters. The molecule has 1 heterocycles. The predicted octanol–water partition coefficient (Wildman–Crippen LogP) is 2.29. The predicted molar refractivity (Wildman–Crippen MR) is 120 cm³/mol. The van der Waals surface area contributed by atoms with E-state index in [1.54, 1.807) is 36.4 Å². The average Bonchev–Trinajstić information content (AvgIpc) is 2.79. The Hall–Kier alpha value is -3.39. The van der Waals surface area contributed by atoms with Gasteiger partial charge in [0.25, 0.3) is 5.91 Å². The van der Waals surface area contributed by atoms with Gasteiger partial charge in [-0.3, -0.25) is 14.5 Å². The number of nitrogens with zero attached hydrogens (tertiary/aromatic N) is 2. The number of carboxylic acid groups (broad SMARTS) is 1. The van der Waals surface area contributed by atoms with Crippen molar-refractivity contribution in [3.63, 3.8) is 0 Å². The Balaban J connectivity index is 1.71. The van der Waals surface area contributed by atoms with Crippen molar-refractivity contribution in [3.05, 3.63) is 59.7 Å². The lowest BCUT2D eigenvalue weighted by atomic mass is 10.1. The van der Waals surface area contributed by atoms with Crippen LogP contribution in [0.2, 0.25) is 0 Å². The Morgan fingerprint density at radius 2 is 1.68 bits per heavy atom. The fraction of sp³-hybridized carbons (Fsp3) is 0.348. The molecule has 31 heavy (non-hydrogen) atoms. The van der Waals surface area contributed by atoms with E-state index < -0.39 is 5.97 Å². The molecule has 0 aromatic heterocycles. The average molecular weight is 425 g/mol. The number of benzene rings is 2. The number of amides is 2. The molecule has 3 N–H and O–H groups in total. The van der Waals surface area contributed by atoms with Crippen LogP contribution in [-0.4, -0.2) is 67.1 Å². The summed E-state index contributed by atoms with van der Waals surface area (Å²) in [4.78, 5) is 40.3. The molecule has 3 rings (SSSR count). The third kappa shape index (κ3) is 6.05. The first-order valence-electron chi connectivity index (χ1n) is 10.5. The number of rotatable bonds is 8. The molecule has 2 amide bonds. The lowest BCUT2D eigenvalue weighted by Gasteiger charge is -2.36. The van der Waals surface area contributed by atoms with E-state index in [2.05, 4.69) is 20.4 Å². The smallest absolute Gasteiger partial charge is 0.335 e. The topological polar surface area (TPSA) is 102 Å². The maximum Gasteiger partial charge on any atom is 0.335 e. The Bertz CT molecular complexity index is 924. The van der Waals surface area contributed by atoms with Crippen LogP contribution in [0, 0.1) is 0 Å². The molecule has 1 fully saturated rings. The van der Waals surface area contributed by atoms with Crippen LogP contribution >= 0.6 is 0 Å². The van der Waals surface area contributed by atoms with Crippen LogP contribution in [0.5, 0.6) is 0 Å². The number of anilines is 2. The summed E-state index contributed by atoms with van der Waals surface area (Å²) in [6, 6.07) is 13.6. The van der Waals surface area contributed by atoms with Gasteiger partial charge in [-0.25, -0.2) is 4.79 Å². The van der Waals surface area contributed by atoms with Crippen LogP contribution < -0.4 is 15.5 Å². The summed E-state index contributed by atoms with van der Waals surface area (Å²) in [6.45, 7) is 5.80. The van der Waals surface area contributed by atoms with Crippen molar-refractivity contribution < 1.29 is 19.5 Å². The summed E-state index contributed by atoms with van der Waals surface area (Å²) in [5, 5.41) is 15.1. The highest BCUT2D eigenvalue weighted by molar-refractivity contribution is 6.06. The number of carbonyl (C=O) groups is 3. The fourth-order valence-corrected chi connectivity index (χ4v) is 3.50. The van der Waals surface area contributed by atoms with Gasteiger partial charge in [-0.1, -0.05) is 25.1 Å². The molecule has 1 aliphatic heterocycles. The van der Waals surface area contributed by atoms with Crippen molar-refractivity contribution in [2.24, 2.45) is 0 Å². The molecule has 0 radical (unpaired) electrons. The molecule has 8 heteroatoms. The molecule has 8 nitrogen and oxygen atoms in total. The molecule has 0 unspecified atom stereocenters. The lowest BCUT2D eigenvalue weighted by Crippen LogP contribution is -2.49. The van der Waals surface area contributed by atoms with E-state index in [1.807, 2.05) is 13.0 Å². The molecule has 1 saturated heterocycles. The zero-order valence-electron chi connectivity index (χ0n) is 17.6. The molecule has 0 spiro atoms. The van der Waals surface area contributed by atoms with Crippen LogP contribution in [0.3, 0.4) is 0 Å². The molecule has 0 saturated carbocycles. The third-order valence-electron chi connectivity index (χ3n) is 5.18. The van der Waals surface area contributed by atoms with E-state index in [1.165, 1.54) is 6.07 Å². The summed E-state index contributed by atoms with van der Waals surface area (Å²) >= 11 is 0. The highest BCUT2D eigenvalue weighted by Crippen LogP contribution is 2.29. The van der Waals surface area contributed by atoms with Gasteiger partial charge in [-0.05, 0) is 36.8 Å². The number of aromatic carboxylic acids is 1. The molecule has 0 bridgehead atoms. The minimum absolute atomic E-state index is 0.0249. The van der Waals surface area contributed by atoms with Crippen LogP contribution in [0.1, 0.15) is 34.1 Å². The second-order valence-corrected chi connectivity index (χ2v) is 7.47. The second kappa shape index (κ2) is 10.6. The number of carbonyl (C=O) groups excluding carboxylic acids is 2. The van der Waals surface area contributed by atoms with Crippen molar-refractivity contribution in [1.29, 1.82) is 0 Å². The number of piperazine rings is 1. The van der Waals surface area contributed by atoms with Gasteiger partial charge in [0.1, 0.15) is 0 Å². The monoisotopic (exact) mass is 424 g/mol. The van der Waals surface area contributed by atoms with Gasteiger partial charge in [0.2, 0.25) is 5.91 Å². The molecular formula is C23H28N4O4. The van der Waals surface area contributed by atoms with Crippen molar-refractivity contribution in [2.45, 2.75) is 13.3 Å². The Morgan fingerprint density at radius 3 is 2.32 bits per heavy atom. The zero-order chi connectivity index (χ0) is 22.2. The fourth-order valence-electron chi connectivity index (χ4n) is 3.50. The SMILES string of the molecule is CCCNC(=O)CN1CCN(c2ccc(C(=O)O)cc2NC(=O)c2ccccc2)CC1. The zero-order valence-corrected chi connectivity index (χ0v) is 17.6.